The van der Waals surface area contributed by atoms with Crippen molar-refractivity contribution in [3.63, 3.8) is 0 Å². The van der Waals surface area contributed by atoms with Gasteiger partial charge in [-0.05, 0) is 30.5 Å². The van der Waals surface area contributed by atoms with Crippen LogP contribution in [0.1, 0.15) is 30.6 Å². The van der Waals surface area contributed by atoms with Crippen LogP contribution in [-0.2, 0) is 9.53 Å². The molecule has 0 aliphatic carbocycles. The van der Waals surface area contributed by atoms with Gasteiger partial charge in [0.25, 0.3) is 5.91 Å². The number of nitrogens with two attached hydrogens (primary N) is 1. The maximum Gasteiger partial charge on any atom is 0.338 e. The summed E-state index contributed by atoms with van der Waals surface area (Å²) >= 11 is 0. The highest BCUT2D eigenvalue weighted by atomic mass is 19.1. The smallest absolute Gasteiger partial charge is 0.338 e. The summed E-state index contributed by atoms with van der Waals surface area (Å²) in [5.74, 6) is -1.31. The maximum atomic E-state index is 13.1. The minimum Gasteiger partial charge on any atom is -0.452 e. The van der Waals surface area contributed by atoms with Crippen LogP contribution in [0.5, 0.6) is 0 Å². The van der Waals surface area contributed by atoms with Gasteiger partial charge >= 0.3 is 5.97 Å². The number of halogens is 1. The summed E-state index contributed by atoms with van der Waals surface area (Å²) in [5.41, 5.74) is 5.53. The summed E-state index contributed by atoms with van der Waals surface area (Å²) in [6.45, 7) is 4.22. The van der Waals surface area contributed by atoms with Gasteiger partial charge in [-0.3, -0.25) is 4.79 Å². The van der Waals surface area contributed by atoms with Crippen molar-refractivity contribution in [2.75, 3.05) is 18.9 Å². The monoisotopic (exact) mass is 282 g/mol. The minimum absolute atomic E-state index is 0.0162. The van der Waals surface area contributed by atoms with Crippen LogP contribution in [-0.4, -0.2) is 25.0 Å². The van der Waals surface area contributed by atoms with E-state index < -0.39 is 18.4 Å². The molecule has 5 nitrogen and oxygen atoms in total. The second-order valence-corrected chi connectivity index (χ2v) is 4.88. The van der Waals surface area contributed by atoms with Gasteiger partial charge in [-0.2, -0.15) is 0 Å². The number of hydrogen-bond acceptors (Lipinski definition) is 4. The van der Waals surface area contributed by atoms with Crippen LogP contribution in [0, 0.1) is 11.7 Å². The molecule has 0 aliphatic rings. The van der Waals surface area contributed by atoms with Crippen molar-refractivity contribution in [2.24, 2.45) is 5.92 Å². The van der Waals surface area contributed by atoms with Crippen LogP contribution >= 0.6 is 0 Å². The molecule has 1 amide bonds. The average Bonchev–Trinajstić information content (AvgIpc) is 2.34. The van der Waals surface area contributed by atoms with E-state index in [1.165, 1.54) is 6.07 Å². The first-order valence-electron chi connectivity index (χ1n) is 6.38. The summed E-state index contributed by atoms with van der Waals surface area (Å²) in [7, 11) is 0. The lowest BCUT2D eigenvalue weighted by atomic mass is 10.1. The number of nitrogen functional groups attached to an aromatic ring is 1. The Morgan fingerprint density at radius 3 is 2.65 bits per heavy atom. The Bertz CT molecular complexity index is 469. The fourth-order valence-electron chi connectivity index (χ4n) is 1.50. The summed E-state index contributed by atoms with van der Waals surface area (Å²) < 4.78 is 17.8. The van der Waals surface area contributed by atoms with Gasteiger partial charge in [0, 0.05) is 12.2 Å². The molecule has 1 rings (SSSR count). The molecule has 3 N–H and O–H groups in total. The maximum absolute atomic E-state index is 13.1. The molecule has 0 fully saturated rings. The number of benzene rings is 1. The SMILES string of the molecule is CC(C)CCNC(=O)COC(=O)c1cc(N)cc(F)c1. The molecule has 0 saturated carbocycles. The van der Waals surface area contributed by atoms with E-state index in [0.29, 0.717) is 12.5 Å². The standard InChI is InChI=1S/C14H19FN2O3/c1-9(2)3-4-17-13(18)8-20-14(19)10-5-11(15)7-12(16)6-10/h5-7,9H,3-4,8,16H2,1-2H3,(H,17,18). The molecule has 0 heterocycles. The molecular formula is C14H19FN2O3. The number of ether oxygens (including phenoxy) is 1. The predicted molar refractivity (Wildman–Crippen MR) is 73.6 cm³/mol. The molecule has 0 aromatic heterocycles. The molecule has 0 atom stereocenters. The van der Waals surface area contributed by atoms with Crippen molar-refractivity contribution < 1.29 is 18.7 Å². The van der Waals surface area contributed by atoms with Crippen molar-refractivity contribution in [3.05, 3.63) is 29.6 Å². The molecular weight excluding hydrogens is 263 g/mol. The second kappa shape index (κ2) is 7.47. The van der Waals surface area contributed by atoms with Crippen molar-refractivity contribution in [3.8, 4) is 0 Å². The van der Waals surface area contributed by atoms with Crippen LogP contribution in [0.4, 0.5) is 10.1 Å². The molecule has 0 bridgehead atoms. The fourth-order valence-corrected chi connectivity index (χ4v) is 1.50. The molecule has 6 heteroatoms. The first-order valence-corrected chi connectivity index (χ1v) is 6.38. The molecule has 0 unspecified atom stereocenters. The summed E-state index contributed by atoms with van der Waals surface area (Å²) in [6.07, 6.45) is 0.847. The Balaban J connectivity index is 2.41. The first-order chi connectivity index (χ1) is 9.38. The zero-order valence-corrected chi connectivity index (χ0v) is 11.6. The number of carbonyl (C=O) groups is 2. The Labute approximate surface area is 117 Å². The highest BCUT2D eigenvalue weighted by Crippen LogP contribution is 2.11. The van der Waals surface area contributed by atoms with E-state index in [9.17, 15) is 14.0 Å². The lowest BCUT2D eigenvalue weighted by Gasteiger charge is -2.08. The normalized spacial score (nSPS) is 10.4. The van der Waals surface area contributed by atoms with Gasteiger partial charge in [0.05, 0.1) is 5.56 Å². The highest BCUT2D eigenvalue weighted by molar-refractivity contribution is 5.92. The molecule has 20 heavy (non-hydrogen) atoms. The molecule has 1 aromatic carbocycles. The van der Waals surface area contributed by atoms with Gasteiger partial charge in [-0.15, -0.1) is 0 Å². The predicted octanol–water partition coefficient (Wildman–Crippen LogP) is 1.73. The lowest BCUT2D eigenvalue weighted by molar-refractivity contribution is -0.124. The van der Waals surface area contributed by atoms with E-state index in [0.717, 1.165) is 18.6 Å². The first kappa shape index (κ1) is 15.9. The molecule has 0 radical (unpaired) electrons. The number of rotatable bonds is 6. The van der Waals surface area contributed by atoms with Gasteiger partial charge < -0.3 is 15.8 Å². The lowest BCUT2D eigenvalue weighted by Crippen LogP contribution is -2.30. The summed E-state index contributed by atoms with van der Waals surface area (Å²) in [5, 5.41) is 2.63. The van der Waals surface area contributed by atoms with Crippen molar-refractivity contribution >= 4 is 17.6 Å². The number of esters is 1. The Kier molecular flexibility index (Phi) is 5.96. The summed E-state index contributed by atoms with van der Waals surface area (Å²) in [4.78, 5) is 23.0. The van der Waals surface area contributed by atoms with E-state index in [1.54, 1.807) is 0 Å². The molecule has 0 spiro atoms. The van der Waals surface area contributed by atoms with Crippen LogP contribution < -0.4 is 11.1 Å². The molecule has 110 valence electrons. The Morgan fingerprint density at radius 2 is 2.05 bits per heavy atom. The third kappa shape index (κ3) is 5.69. The van der Waals surface area contributed by atoms with Crippen LogP contribution in [0.3, 0.4) is 0 Å². The fraction of sp³-hybridized carbons (Fsp3) is 0.429. The van der Waals surface area contributed by atoms with Crippen LogP contribution in [0.25, 0.3) is 0 Å². The van der Waals surface area contributed by atoms with Gasteiger partial charge in [-0.25, -0.2) is 9.18 Å². The largest absolute Gasteiger partial charge is 0.452 e. The molecule has 1 aromatic rings. The molecule has 0 saturated heterocycles. The van der Waals surface area contributed by atoms with E-state index in [-0.39, 0.29) is 17.2 Å². The van der Waals surface area contributed by atoms with E-state index in [1.807, 2.05) is 13.8 Å². The van der Waals surface area contributed by atoms with Gasteiger partial charge in [0.1, 0.15) is 5.82 Å². The average molecular weight is 282 g/mol. The van der Waals surface area contributed by atoms with Gasteiger partial charge in [0.15, 0.2) is 6.61 Å². The topological polar surface area (TPSA) is 81.4 Å². The number of anilines is 1. The zero-order chi connectivity index (χ0) is 15.1. The second-order valence-electron chi connectivity index (χ2n) is 4.88. The number of carbonyl (C=O) groups excluding carboxylic acids is 2. The van der Waals surface area contributed by atoms with E-state index in [4.69, 9.17) is 10.5 Å². The van der Waals surface area contributed by atoms with Crippen molar-refractivity contribution in [1.82, 2.24) is 5.32 Å². The third-order valence-corrected chi connectivity index (χ3v) is 2.53. The van der Waals surface area contributed by atoms with E-state index >= 15 is 0 Å². The highest BCUT2D eigenvalue weighted by Gasteiger charge is 2.11. The van der Waals surface area contributed by atoms with E-state index in [2.05, 4.69) is 5.32 Å². The van der Waals surface area contributed by atoms with Gasteiger partial charge in [-0.1, -0.05) is 13.8 Å². The summed E-state index contributed by atoms with van der Waals surface area (Å²) in [6, 6.07) is 3.40. The Morgan fingerprint density at radius 1 is 1.35 bits per heavy atom. The van der Waals surface area contributed by atoms with Crippen molar-refractivity contribution in [1.29, 1.82) is 0 Å². The third-order valence-electron chi connectivity index (χ3n) is 2.53. The Hall–Kier alpha value is -2.11. The number of amides is 1. The number of hydrogen-bond donors (Lipinski definition) is 2. The van der Waals surface area contributed by atoms with Crippen LogP contribution in [0.2, 0.25) is 0 Å². The van der Waals surface area contributed by atoms with Gasteiger partial charge in [0.2, 0.25) is 0 Å². The minimum atomic E-state index is -0.782. The van der Waals surface area contributed by atoms with Crippen LogP contribution in [0.15, 0.2) is 18.2 Å². The van der Waals surface area contributed by atoms with Crippen molar-refractivity contribution in [2.45, 2.75) is 20.3 Å². The number of nitrogens with one attached hydrogen (secondary N) is 1. The zero-order valence-electron chi connectivity index (χ0n) is 11.6. The quantitative estimate of drug-likeness (QED) is 0.615. The molecule has 0 aliphatic heterocycles.